The molecule has 0 unspecified atom stereocenters. The number of hydrogen-bond donors (Lipinski definition) is 1. The van der Waals surface area contributed by atoms with Crippen LogP contribution in [0, 0.1) is 0 Å². The van der Waals surface area contributed by atoms with Gasteiger partial charge >= 0.3 is 0 Å². The monoisotopic (exact) mass is 206 g/mol. The van der Waals surface area contributed by atoms with Crippen molar-refractivity contribution in [3.05, 3.63) is 24.0 Å². The average Bonchev–Trinajstić information content (AvgIpc) is 2.76. The summed E-state index contributed by atoms with van der Waals surface area (Å²) in [7, 11) is 0. The fourth-order valence-electron chi connectivity index (χ4n) is 2.22. The van der Waals surface area contributed by atoms with Crippen molar-refractivity contribution in [3.8, 4) is 0 Å². The van der Waals surface area contributed by atoms with Gasteiger partial charge in [0, 0.05) is 11.7 Å². The molecule has 2 rings (SSSR count). The summed E-state index contributed by atoms with van der Waals surface area (Å²) in [4.78, 5) is 17.1. The molecule has 1 N–H and O–H groups in total. The highest BCUT2D eigenvalue weighted by atomic mass is 16.1. The Morgan fingerprint density at radius 1 is 1.60 bits per heavy atom. The maximum atomic E-state index is 11.9. The SMILES string of the molecule is CC1(C)CCCN1CC(=O)c1ccc[nH]1. The van der Waals surface area contributed by atoms with E-state index in [0.717, 1.165) is 12.2 Å². The van der Waals surface area contributed by atoms with Gasteiger partial charge in [0.05, 0.1) is 12.2 Å². The van der Waals surface area contributed by atoms with E-state index in [9.17, 15) is 4.79 Å². The molecule has 0 aliphatic carbocycles. The lowest BCUT2D eigenvalue weighted by molar-refractivity contribution is 0.0867. The van der Waals surface area contributed by atoms with Gasteiger partial charge in [-0.3, -0.25) is 9.69 Å². The molecule has 3 nitrogen and oxygen atoms in total. The molecule has 15 heavy (non-hydrogen) atoms. The number of carbonyl (C=O) groups is 1. The molecule has 3 heteroatoms. The zero-order valence-electron chi connectivity index (χ0n) is 9.42. The van der Waals surface area contributed by atoms with Crippen molar-refractivity contribution < 1.29 is 4.79 Å². The maximum Gasteiger partial charge on any atom is 0.192 e. The highest BCUT2D eigenvalue weighted by Crippen LogP contribution is 2.27. The van der Waals surface area contributed by atoms with Crippen LogP contribution in [-0.2, 0) is 0 Å². The van der Waals surface area contributed by atoms with Crippen LogP contribution in [0.2, 0.25) is 0 Å². The number of likely N-dealkylation sites (tertiary alicyclic amines) is 1. The van der Waals surface area contributed by atoms with Crippen molar-refractivity contribution in [1.29, 1.82) is 0 Å². The second-order valence-corrected chi connectivity index (χ2v) is 4.84. The third-order valence-electron chi connectivity index (χ3n) is 3.31. The maximum absolute atomic E-state index is 11.9. The Hall–Kier alpha value is -1.09. The largest absolute Gasteiger partial charge is 0.359 e. The Balaban J connectivity index is 2.01. The molecular formula is C12H18N2O. The standard InChI is InChI=1S/C12H18N2O/c1-12(2)6-4-8-14(12)9-11(15)10-5-3-7-13-10/h3,5,7,13H,4,6,8-9H2,1-2H3. The van der Waals surface area contributed by atoms with Gasteiger partial charge in [-0.2, -0.15) is 0 Å². The molecule has 1 aromatic heterocycles. The Kier molecular flexibility index (Phi) is 2.65. The van der Waals surface area contributed by atoms with Gasteiger partial charge in [0.25, 0.3) is 0 Å². The molecule has 1 aromatic rings. The molecule has 0 amide bonds. The molecule has 1 fully saturated rings. The zero-order chi connectivity index (χ0) is 10.9. The number of Topliss-reactive ketones (excluding diaryl/α,β-unsaturated/α-hetero) is 1. The molecular weight excluding hydrogens is 188 g/mol. The summed E-state index contributed by atoms with van der Waals surface area (Å²) in [6, 6.07) is 3.70. The van der Waals surface area contributed by atoms with Crippen LogP contribution in [0.25, 0.3) is 0 Å². The topological polar surface area (TPSA) is 36.1 Å². The van der Waals surface area contributed by atoms with Crippen LogP contribution in [-0.4, -0.2) is 34.3 Å². The van der Waals surface area contributed by atoms with Crippen molar-refractivity contribution in [3.63, 3.8) is 0 Å². The van der Waals surface area contributed by atoms with Crippen molar-refractivity contribution in [1.82, 2.24) is 9.88 Å². The number of H-pyrrole nitrogens is 1. The van der Waals surface area contributed by atoms with Crippen LogP contribution in [0.4, 0.5) is 0 Å². The predicted molar refractivity (Wildman–Crippen MR) is 60.0 cm³/mol. The number of carbonyl (C=O) groups excluding carboxylic acids is 1. The number of nitrogens with one attached hydrogen (secondary N) is 1. The Morgan fingerprint density at radius 3 is 2.93 bits per heavy atom. The summed E-state index contributed by atoms with van der Waals surface area (Å²) in [5.74, 6) is 0.190. The molecule has 0 spiro atoms. The first kappa shape index (κ1) is 10.4. The van der Waals surface area contributed by atoms with E-state index in [1.54, 1.807) is 6.20 Å². The van der Waals surface area contributed by atoms with Gasteiger partial charge in [-0.25, -0.2) is 0 Å². The second kappa shape index (κ2) is 3.81. The first-order valence-electron chi connectivity index (χ1n) is 5.51. The predicted octanol–water partition coefficient (Wildman–Crippen LogP) is 2.07. The highest BCUT2D eigenvalue weighted by molar-refractivity contribution is 5.95. The van der Waals surface area contributed by atoms with Gasteiger partial charge in [0.1, 0.15) is 0 Å². The lowest BCUT2D eigenvalue weighted by Crippen LogP contribution is -2.41. The first-order chi connectivity index (χ1) is 7.09. The lowest BCUT2D eigenvalue weighted by atomic mass is 10.0. The molecule has 1 aliphatic heterocycles. The minimum atomic E-state index is 0.183. The normalized spacial score (nSPS) is 20.7. The van der Waals surface area contributed by atoms with E-state index in [1.807, 2.05) is 12.1 Å². The summed E-state index contributed by atoms with van der Waals surface area (Å²) in [6.07, 6.45) is 4.18. The third kappa shape index (κ3) is 2.12. The van der Waals surface area contributed by atoms with Gasteiger partial charge < -0.3 is 4.98 Å². The summed E-state index contributed by atoms with van der Waals surface area (Å²) >= 11 is 0. The Morgan fingerprint density at radius 2 is 2.40 bits per heavy atom. The fourth-order valence-corrected chi connectivity index (χ4v) is 2.22. The summed E-state index contributed by atoms with van der Waals surface area (Å²) in [5, 5.41) is 0. The average molecular weight is 206 g/mol. The van der Waals surface area contributed by atoms with Gasteiger partial charge in [-0.15, -0.1) is 0 Å². The molecule has 2 heterocycles. The van der Waals surface area contributed by atoms with Gasteiger partial charge in [0.2, 0.25) is 0 Å². The highest BCUT2D eigenvalue weighted by Gasteiger charge is 2.33. The molecule has 82 valence electrons. The Labute approximate surface area is 90.5 Å². The van der Waals surface area contributed by atoms with Crippen LogP contribution < -0.4 is 0 Å². The number of aromatic amines is 1. The summed E-state index contributed by atoms with van der Waals surface area (Å²) < 4.78 is 0. The molecule has 1 aliphatic rings. The first-order valence-corrected chi connectivity index (χ1v) is 5.51. The van der Waals surface area contributed by atoms with Crippen LogP contribution in [0.3, 0.4) is 0 Å². The number of nitrogens with zero attached hydrogens (tertiary/aromatic N) is 1. The van der Waals surface area contributed by atoms with Crippen LogP contribution in [0.1, 0.15) is 37.2 Å². The van der Waals surface area contributed by atoms with Crippen molar-refractivity contribution in [2.75, 3.05) is 13.1 Å². The van der Waals surface area contributed by atoms with Gasteiger partial charge in [-0.1, -0.05) is 0 Å². The van der Waals surface area contributed by atoms with Crippen molar-refractivity contribution in [2.45, 2.75) is 32.2 Å². The number of hydrogen-bond acceptors (Lipinski definition) is 2. The fraction of sp³-hybridized carbons (Fsp3) is 0.583. The minimum absolute atomic E-state index is 0.183. The minimum Gasteiger partial charge on any atom is -0.359 e. The van der Waals surface area contributed by atoms with Gasteiger partial charge in [0.15, 0.2) is 5.78 Å². The summed E-state index contributed by atoms with van der Waals surface area (Å²) in [5.41, 5.74) is 0.903. The molecule has 1 saturated heterocycles. The number of ketones is 1. The third-order valence-corrected chi connectivity index (χ3v) is 3.31. The molecule has 0 saturated carbocycles. The van der Waals surface area contributed by atoms with Crippen molar-refractivity contribution in [2.24, 2.45) is 0 Å². The van der Waals surface area contributed by atoms with E-state index < -0.39 is 0 Å². The zero-order valence-corrected chi connectivity index (χ0v) is 9.42. The van der Waals surface area contributed by atoms with Crippen LogP contribution in [0.15, 0.2) is 18.3 Å². The van der Waals surface area contributed by atoms with E-state index >= 15 is 0 Å². The van der Waals surface area contributed by atoms with E-state index in [2.05, 4.69) is 23.7 Å². The number of aromatic nitrogens is 1. The number of rotatable bonds is 3. The molecule has 0 bridgehead atoms. The van der Waals surface area contributed by atoms with E-state index in [-0.39, 0.29) is 11.3 Å². The lowest BCUT2D eigenvalue weighted by Gasteiger charge is -2.30. The molecule has 0 radical (unpaired) electrons. The second-order valence-electron chi connectivity index (χ2n) is 4.84. The smallest absolute Gasteiger partial charge is 0.192 e. The van der Waals surface area contributed by atoms with Gasteiger partial charge in [-0.05, 0) is 45.4 Å². The summed E-state index contributed by atoms with van der Waals surface area (Å²) in [6.45, 7) is 6.00. The van der Waals surface area contributed by atoms with E-state index in [0.29, 0.717) is 6.54 Å². The van der Waals surface area contributed by atoms with E-state index in [1.165, 1.54) is 12.8 Å². The Bertz CT molecular complexity index is 341. The molecule has 0 aromatic carbocycles. The molecule has 0 atom stereocenters. The van der Waals surface area contributed by atoms with Crippen molar-refractivity contribution >= 4 is 5.78 Å². The van der Waals surface area contributed by atoms with Crippen LogP contribution in [0.5, 0.6) is 0 Å². The van der Waals surface area contributed by atoms with E-state index in [4.69, 9.17) is 0 Å². The van der Waals surface area contributed by atoms with Crippen LogP contribution >= 0.6 is 0 Å². The quantitative estimate of drug-likeness (QED) is 0.768.